The molecule has 0 aromatic heterocycles. The SMILES string of the molecule is C=C(C)C(=O)Oc1ccc(C(F)(F)OC2CCC(OC(F)(F)c3ccc(OC(=O)C(=C)C)cc3)CC2)cc1. The van der Waals surface area contributed by atoms with Crippen molar-refractivity contribution in [1.29, 1.82) is 0 Å². The van der Waals surface area contributed by atoms with E-state index in [1.165, 1.54) is 38.1 Å². The van der Waals surface area contributed by atoms with E-state index in [1.54, 1.807) is 0 Å². The summed E-state index contributed by atoms with van der Waals surface area (Å²) in [5.74, 6) is -1.19. The van der Waals surface area contributed by atoms with Gasteiger partial charge in [-0.3, -0.25) is 0 Å². The highest BCUT2D eigenvalue weighted by molar-refractivity contribution is 5.89. The maximum Gasteiger partial charge on any atom is 0.383 e. The van der Waals surface area contributed by atoms with Crippen LogP contribution in [0.5, 0.6) is 11.5 Å². The Hall–Kier alpha value is -3.50. The van der Waals surface area contributed by atoms with Crippen molar-refractivity contribution in [1.82, 2.24) is 0 Å². The van der Waals surface area contributed by atoms with E-state index in [1.807, 2.05) is 0 Å². The Labute approximate surface area is 217 Å². The first kappa shape index (κ1) is 29.1. The maximum absolute atomic E-state index is 14.7. The number of rotatable bonds is 10. The van der Waals surface area contributed by atoms with Gasteiger partial charge in [0.15, 0.2) is 0 Å². The number of hydrogen-bond acceptors (Lipinski definition) is 6. The summed E-state index contributed by atoms with van der Waals surface area (Å²) in [6, 6.07) is 9.22. The normalized spacial score (nSPS) is 17.9. The maximum atomic E-state index is 14.7. The van der Waals surface area contributed by atoms with E-state index < -0.39 is 47.5 Å². The zero-order chi connectivity index (χ0) is 28.1. The third kappa shape index (κ3) is 7.75. The Morgan fingerprint density at radius 3 is 1.21 bits per heavy atom. The molecule has 38 heavy (non-hydrogen) atoms. The van der Waals surface area contributed by atoms with Crippen molar-refractivity contribution < 1.29 is 46.1 Å². The van der Waals surface area contributed by atoms with Gasteiger partial charge in [-0.15, -0.1) is 0 Å². The summed E-state index contributed by atoms with van der Waals surface area (Å²) < 4.78 is 78.7. The lowest BCUT2D eigenvalue weighted by Crippen LogP contribution is -2.34. The Morgan fingerprint density at radius 1 is 0.658 bits per heavy atom. The number of esters is 2. The number of alkyl halides is 4. The minimum absolute atomic E-state index is 0.0821. The number of benzene rings is 2. The monoisotopic (exact) mass is 536 g/mol. The molecule has 2 aromatic carbocycles. The molecule has 1 saturated carbocycles. The third-order valence-corrected chi connectivity index (χ3v) is 5.75. The van der Waals surface area contributed by atoms with Crippen LogP contribution in [0.4, 0.5) is 17.6 Å². The zero-order valence-corrected chi connectivity index (χ0v) is 21.0. The summed E-state index contributed by atoms with van der Waals surface area (Å²) >= 11 is 0. The van der Waals surface area contributed by atoms with Crippen LogP contribution in [-0.4, -0.2) is 24.1 Å². The molecule has 0 N–H and O–H groups in total. The van der Waals surface area contributed by atoms with Crippen LogP contribution in [0.2, 0.25) is 0 Å². The molecule has 0 heterocycles. The van der Waals surface area contributed by atoms with Crippen LogP contribution < -0.4 is 9.47 Å². The highest BCUT2D eigenvalue weighted by Crippen LogP contribution is 2.39. The van der Waals surface area contributed by atoms with Crippen molar-refractivity contribution in [3.63, 3.8) is 0 Å². The first-order valence-electron chi connectivity index (χ1n) is 11.8. The number of carbonyl (C=O) groups excluding carboxylic acids is 2. The summed E-state index contributed by atoms with van der Waals surface area (Å²) in [4.78, 5) is 23.1. The molecule has 6 nitrogen and oxygen atoms in total. The topological polar surface area (TPSA) is 71.1 Å². The van der Waals surface area contributed by atoms with Crippen molar-refractivity contribution in [3.8, 4) is 11.5 Å². The molecule has 0 saturated heterocycles. The van der Waals surface area contributed by atoms with E-state index in [9.17, 15) is 27.2 Å². The van der Waals surface area contributed by atoms with Crippen LogP contribution in [0.25, 0.3) is 0 Å². The predicted octanol–water partition coefficient (Wildman–Crippen LogP) is 6.79. The fourth-order valence-electron chi connectivity index (χ4n) is 3.64. The van der Waals surface area contributed by atoms with E-state index in [0.29, 0.717) is 0 Å². The summed E-state index contributed by atoms with van der Waals surface area (Å²) in [5.41, 5.74) is -0.538. The number of carbonyl (C=O) groups is 2. The van der Waals surface area contributed by atoms with Crippen molar-refractivity contribution in [2.75, 3.05) is 0 Å². The van der Waals surface area contributed by atoms with Crippen molar-refractivity contribution in [2.24, 2.45) is 0 Å². The minimum atomic E-state index is -3.63. The molecule has 1 fully saturated rings. The molecule has 2 aromatic rings. The predicted molar refractivity (Wildman–Crippen MR) is 130 cm³/mol. The van der Waals surface area contributed by atoms with Gasteiger partial charge in [-0.25, -0.2) is 9.59 Å². The van der Waals surface area contributed by atoms with Crippen LogP contribution in [0.15, 0.2) is 72.8 Å². The Balaban J connectivity index is 1.51. The Morgan fingerprint density at radius 2 is 0.947 bits per heavy atom. The van der Waals surface area contributed by atoms with Crippen LogP contribution in [0.1, 0.15) is 50.7 Å². The fraction of sp³-hybridized carbons (Fsp3) is 0.357. The van der Waals surface area contributed by atoms with Gasteiger partial charge >= 0.3 is 24.2 Å². The quantitative estimate of drug-likeness (QED) is 0.144. The van der Waals surface area contributed by atoms with Gasteiger partial charge < -0.3 is 18.9 Å². The second-order valence-corrected chi connectivity index (χ2v) is 9.06. The molecule has 10 heteroatoms. The minimum Gasteiger partial charge on any atom is -0.423 e. The van der Waals surface area contributed by atoms with E-state index in [-0.39, 0.29) is 48.3 Å². The van der Waals surface area contributed by atoms with Gasteiger partial charge in [-0.2, -0.15) is 17.6 Å². The van der Waals surface area contributed by atoms with Crippen molar-refractivity contribution >= 4 is 11.9 Å². The average molecular weight is 537 g/mol. The number of hydrogen-bond donors (Lipinski definition) is 0. The summed E-state index contributed by atoms with van der Waals surface area (Å²) in [6.07, 6.45) is -8.59. The molecule has 0 bridgehead atoms. The van der Waals surface area contributed by atoms with Gasteiger partial charge in [0.05, 0.1) is 23.3 Å². The lowest BCUT2D eigenvalue weighted by Gasteiger charge is -2.33. The van der Waals surface area contributed by atoms with Crippen molar-refractivity contribution in [3.05, 3.63) is 84.0 Å². The number of ether oxygens (including phenoxy) is 4. The summed E-state index contributed by atoms with van der Waals surface area (Å²) in [6.45, 7) is 9.82. The van der Waals surface area contributed by atoms with Gasteiger partial charge in [0, 0.05) is 11.1 Å². The van der Waals surface area contributed by atoms with Crippen LogP contribution >= 0.6 is 0 Å². The lowest BCUT2D eigenvalue weighted by molar-refractivity contribution is -0.297. The van der Waals surface area contributed by atoms with Gasteiger partial charge in [0.2, 0.25) is 0 Å². The largest absolute Gasteiger partial charge is 0.423 e. The highest BCUT2D eigenvalue weighted by Gasteiger charge is 2.40. The molecule has 1 aliphatic carbocycles. The second-order valence-electron chi connectivity index (χ2n) is 9.06. The molecule has 0 atom stereocenters. The molecule has 0 radical (unpaired) electrons. The molecular formula is C28H28F4O6. The Bertz CT molecular complexity index is 1070. The van der Waals surface area contributed by atoms with Gasteiger partial charge in [0.1, 0.15) is 11.5 Å². The van der Waals surface area contributed by atoms with Crippen LogP contribution in [0.3, 0.4) is 0 Å². The molecule has 204 valence electrons. The van der Waals surface area contributed by atoms with E-state index in [0.717, 1.165) is 24.3 Å². The first-order chi connectivity index (χ1) is 17.8. The second kappa shape index (κ2) is 11.9. The molecular weight excluding hydrogens is 508 g/mol. The van der Waals surface area contributed by atoms with Crippen LogP contribution in [-0.2, 0) is 31.3 Å². The number of halogens is 4. The third-order valence-electron chi connectivity index (χ3n) is 5.75. The molecule has 0 spiro atoms. The molecule has 0 aliphatic heterocycles. The van der Waals surface area contributed by atoms with E-state index in [2.05, 4.69) is 13.2 Å². The lowest BCUT2D eigenvalue weighted by atomic mass is 9.94. The Kier molecular flexibility index (Phi) is 9.11. The van der Waals surface area contributed by atoms with Crippen LogP contribution in [0, 0.1) is 0 Å². The van der Waals surface area contributed by atoms with E-state index >= 15 is 0 Å². The van der Waals surface area contributed by atoms with Gasteiger partial charge in [0.25, 0.3) is 0 Å². The molecule has 3 rings (SSSR count). The standard InChI is InChI=1S/C28H28F4O6/c1-17(2)25(33)35-21-9-5-19(6-10-21)27(29,30)37-23-13-15-24(16-14-23)38-28(31,32)20-7-11-22(12-8-20)36-26(34)18(3)4/h5-12,23-24H,1,3,13-16H2,2,4H3. The summed E-state index contributed by atoms with van der Waals surface area (Å²) in [5, 5.41) is 0. The van der Waals surface area contributed by atoms with Crippen molar-refractivity contribution in [2.45, 2.75) is 64.0 Å². The van der Waals surface area contributed by atoms with Gasteiger partial charge in [-0.1, -0.05) is 13.2 Å². The zero-order valence-electron chi connectivity index (χ0n) is 21.0. The fourth-order valence-corrected chi connectivity index (χ4v) is 3.64. The smallest absolute Gasteiger partial charge is 0.383 e. The average Bonchev–Trinajstić information content (AvgIpc) is 2.85. The van der Waals surface area contributed by atoms with E-state index in [4.69, 9.17) is 18.9 Å². The molecule has 0 amide bonds. The van der Waals surface area contributed by atoms with Gasteiger partial charge in [-0.05, 0) is 88.1 Å². The molecule has 0 unspecified atom stereocenters. The highest BCUT2D eigenvalue weighted by atomic mass is 19.3. The summed E-state index contributed by atoms with van der Waals surface area (Å²) in [7, 11) is 0. The molecule has 1 aliphatic rings. The first-order valence-corrected chi connectivity index (χ1v) is 11.8.